The summed E-state index contributed by atoms with van der Waals surface area (Å²) in [5.41, 5.74) is 0. The van der Waals surface area contributed by atoms with E-state index in [-0.39, 0.29) is 10.9 Å². The van der Waals surface area contributed by atoms with Crippen molar-refractivity contribution in [2.45, 2.75) is 33.4 Å². The lowest BCUT2D eigenvalue weighted by molar-refractivity contribution is 1.14. The van der Waals surface area contributed by atoms with E-state index < -0.39 is 0 Å². The van der Waals surface area contributed by atoms with Gasteiger partial charge in [0.25, 0.3) is 0 Å². The average Bonchev–Trinajstić information content (AvgIpc) is 2.44. The van der Waals surface area contributed by atoms with E-state index in [2.05, 4.69) is 68.5 Å². The first-order valence-corrected chi connectivity index (χ1v) is 8.08. The average molecular weight is 271 g/mol. The van der Waals surface area contributed by atoms with E-state index in [0.29, 0.717) is 0 Å². The highest BCUT2D eigenvalue weighted by Gasteiger charge is 2.36. The minimum absolute atomic E-state index is 0.101. The first-order valence-electron chi connectivity index (χ1n) is 6.04. The van der Waals surface area contributed by atoms with Crippen molar-refractivity contribution in [3.05, 3.63) is 59.5 Å². The third-order valence-corrected chi connectivity index (χ3v) is 6.97. The molecule has 2 heteroatoms. The number of rotatable bonds is 1. The number of hydrogen-bond donors (Lipinski definition) is 0. The fraction of sp³-hybridized carbons (Fsp3) is 0.125. The van der Waals surface area contributed by atoms with Gasteiger partial charge in [0.2, 0.25) is 0 Å². The van der Waals surface area contributed by atoms with Gasteiger partial charge < -0.3 is 0 Å². The van der Waals surface area contributed by atoms with Crippen LogP contribution in [0.2, 0.25) is 0 Å². The smallest absolute Gasteiger partial charge is 0.0795 e. The Kier molecular flexibility index (Phi) is 3.23. The molecule has 0 unspecified atom stereocenters. The fourth-order valence-corrected chi connectivity index (χ4v) is 5.86. The molecule has 0 N–H and O–H groups in total. The van der Waals surface area contributed by atoms with Crippen molar-refractivity contribution in [1.29, 1.82) is 0 Å². The fourth-order valence-electron chi connectivity index (χ4n) is 2.11. The summed E-state index contributed by atoms with van der Waals surface area (Å²) in [6.45, 7) is 4.38. The van der Waals surface area contributed by atoms with Gasteiger partial charge in [-0.1, -0.05) is 36.0 Å². The molecule has 2 aromatic carbocycles. The first kappa shape index (κ1) is 11.9. The number of benzene rings is 2. The molecule has 0 aromatic heterocycles. The first-order chi connectivity index (χ1) is 8.81. The second kappa shape index (κ2) is 4.87. The van der Waals surface area contributed by atoms with Gasteiger partial charge in [-0.3, -0.25) is 0 Å². The minimum Gasteiger partial charge on any atom is -0.0795 e. The van der Waals surface area contributed by atoms with E-state index in [0.717, 1.165) is 0 Å². The quantitative estimate of drug-likeness (QED) is 0.649. The lowest BCUT2D eigenvalue weighted by atomic mass is 10.3. The van der Waals surface area contributed by atoms with Crippen LogP contribution < -0.4 is 0 Å². The Labute approximate surface area is 115 Å². The highest BCUT2D eigenvalue weighted by atomic mass is 32.2. The summed E-state index contributed by atoms with van der Waals surface area (Å²) in [7, 11) is 0.101. The predicted octanol–water partition coefficient (Wildman–Crippen LogP) is 5.11. The number of fused-ring (bicyclic) bond motifs is 2. The Balaban J connectivity index is 2.24. The SMILES string of the molecule is C/C=C(/C)[S+]1c2ccccc2Sc2ccccc21. The second-order valence-electron chi connectivity index (χ2n) is 4.20. The molecule has 0 fully saturated rings. The van der Waals surface area contributed by atoms with Crippen LogP contribution in [0.5, 0.6) is 0 Å². The Morgan fingerprint density at radius 3 is 1.94 bits per heavy atom. The second-order valence-corrected chi connectivity index (χ2v) is 7.42. The van der Waals surface area contributed by atoms with Crippen molar-refractivity contribution in [3.63, 3.8) is 0 Å². The van der Waals surface area contributed by atoms with Crippen molar-refractivity contribution in [2.75, 3.05) is 0 Å². The molecule has 0 nitrogen and oxygen atoms in total. The molecule has 0 bridgehead atoms. The lowest BCUT2D eigenvalue weighted by Crippen LogP contribution is -2.11. The van der Waals surface area contributed by atoms with Crippen LogP contribution in [-0.4, -0.2) is 0 Å². The minimum atomic E-state index is 0.101. The van der Waals surface area contributed by atoms with Crippen molar-refractivity contribution in [1.82, 2.24) is 0 Å². The van der Waals surface area contributed by atoms with Gasteiger partial charge in [-0.2, -0.15) is 0 Å². The van der Waals surface area contributed by atoms with Gasteiger partial charge in [-0.25, -0.2) is 0 Å². The molecule has 1 heterocycles. The Bertz CT molecular complexity index is 568. The van der Waals surface area contributed by atoms with Crippen LogP contribution >= 0.6 is 11.8 Å². The molecule has 0 spiro atoms. The molecule has 0 radical (unpaired) electrons. The third kappa shape index (κ3) is 1.90. The molecule has 0 amide bonds. The van der Waals surface area contributed by atoms with Crippen molar-refractivity contribution < 1.29 is 0 Å². The van der Waals surface area contributed by atoms with Crippen LogP contribution in [0.4, 0.5) is 0 Å². The van der Waals surface area contributed by atoms with Gasteiger partial charge >= 0.3 is 0 Å². The monoisotopic (exact) mass is 271 g/mol. The van der Waals surface area contributed by atoms with E-state index in [9.17, 15) is 0 Å². The highest BCUT2D eigenvalue weighted by molar-refractivity contribution is 8.05. The molecule has 3 rings (SSSR count). The van der Waals surface area contributed by atoms with E-state index in [1.165, 1.54) is 24.5 Å². The van der Waals surface area contributed by atoms with Gasteiger partial charge in [0.1, 0.15) is 4.91 Å². The Hall–Kier alpha value is -1.12. The van der Waals surface area contributed by atoms with Crippen molar-refractivity contribution in [2.24, 2.45) is 0 Å². The van der Waals surface area contributed by atoms with Gasteiger partial charge in [0.05, 0.1) is 20.7 Å². The highest BCUT2D eigenvalue weighted by Crippen LogP contribution is 2.47. The summed E-state index contributed by atoms with van der Waals surface area (Å²) in [5, 5.41) is 0. The molecule has 18 heavy (non-hydrogen) atoms. The molecular weight excluding hydrogens is 256 g/mol. The summed E-state index contributed by atoms with van der Waals surface area (Å²) < 4.78 is 0. The predicted molar refractivity (Wildman–Crippen MR) is 80.3 cm³/mol. The molecule has 90 valence electrons. The normalized spacial score (nSPS) is 15.1. The van der Waals surface area contributed by atoms with Gasteiger partial charge in [-0.05, 0) is 37.3 Å². The maximum atomic E-state index is 2.27. The summed E-state index contributed by atoms with van der Waals surface area (Å²) in [5.74, 6) is 0. The van der Waals surface area contributed by atoms with Gasteiger partial charge in [0, 0.05) is 6.92 Å². The molecule has 2 aromatic rings. The van der Waals surface area contributed by atoms with E-state index >= 15 is 0 Å². The van der Waals surface area contributed by atoms with Gasteiger partial charge in [-0.15, -0.1) is 0 Å². The molecule has 0 aliphatic carbocycles. The van der Waals surface area contributed by atoms with Crippen LogP contribution in [0.1, 0.15) is 13.8 Å². The lowest BCUT2D eigenvalue weighted by Gasteiger charge is -2.18. The topological polar surface area (TPSA) is 0 Å². The largest absolute Gasteiger partial charge is 0.180 e. The summed E-state index contributed by atoms with van der Waals surface area (Å²) in [6.07, 6.45) is 2.24. The molecule has 0 atom stereocenters. The number of hydrogen-bond acceptors (Lipinski definition) is 1. The molecule has 1 aliphatic rings. The van der Waals surface area contributed by atoms with Crippen LogP contribution in [0.3, 0.4) is 0 Å². The Morgan fingerprint density at radius 1 is 0.944 bits per heavy atom. The van der Waals surface area contributed by atoms with Crippen LogP contribution in [0.15, 0.2) is 79.1 Å². The number of allylic oxidation sites excluding steroid dienone is 2. The zero-order valence-electron chi connectivity index (χ0n) is 10.5. The standard InChI is InChI=1S/C16H15S2/c1-3-12(2)18-15-10-6-4-8-13(15)17-14-9-5-7-11-16(14)18/h3-11H,1-2H3/q+1/b12-3-. The van der Waals surface area contributed by atoms with Crippen molar-refractivity contribution in [3.8, 4) is 0 Å². The van der Waals surface area contributed by atoms with Crippen LogP contribution in [0, 0.1) is 0 Å². The van der Waals surface area contributed by atoms with Crippen LogP contribution in [0.25, 0.3) is 0 Å². The maximum absolute atomic E-state index is 2.27. The van der Waals surface area contributed by atoms with Crippen molar-refractivity contribution >= 4 is 22.7 Å². The summed E-state index contributed by atoms with van der Waals surface area (Å²) in [6, 6.07) is 17.6. The van der Waals surface area contributed by atoms with Crippen LogP contribution in [-0.2, 0) is 10.9 Å². The zero-order valence-corrected chi connectivity index (χ0v) is 12.1. The van der Waals surface area contributed by atoms with E-state index in [1.54, 1.807) is 0 Å². The Morgan fingerprint density at radius 2 is 1.44 bits per heavy atom. The molecule has 0 saturated carbocycles. The molecule has 1 aliphatic heterocycles. The van der Waals surface area contributed by atoms with Gasteiger partial charge in [0.15, 0.2) is 9.79 Å². The van der Waals surface area contributed by atoms with E-state index in [4.69, 9.17) is 0 Å². The molecule has 0 saturated heterocycles. The maximum Gasteiger partial charge on any atom is 0.180 e. The van der Waals surface area contributed by atoms with E-state index in [1.807, 2.05) is 11.8 Å². The summed E-state index contributed by atoms with van der Waals surface area (Å²) >= 11 is 1.89. The third-order valence-electron chi connectivity index (χ3n) is 3.09. The zero-order chi connectivity index (χ0) is 12.5. The molecular formula is C16H15S2+. The summed E-state index contributed by atoms with van der Waals surface area (Å²) in [4.78, 5) is 7.20.